The lowest BCUT2D eigenvalue weighted by Gasteiger charge is -2.25. The van der Waals surface area contributed by atoms with E-state index in [2.05, 4.69) is 45.5 Å². The molecule has 0 aliphatic heterocycles. The maximum atomic E-state index is 3.97. The number of hydrogen-bond acceptors (Lipinski definition) is 0. The van der Waals surface area contributed by atoms with E-state index in [1.807, 2.05) is 19.9 Å². The molecule has 0 heteroatoms. The van der Waals surface area contributed by atoms with E-state index in [4.69, 9.17) is 0 Å². The van der Waals surface area contributed by atoms with Crippen molar-refractivity contribution in [1.82, 2.24) is 0 Å². The summed E-state index contributed by atoms with van der Waals surface area (Å²) in [5, 5.41) is 0. The molecule has 0 N–H and O–H groups in total. The Kier molecular flexibility index (Phi) is 8.66. The monoisotopic (exact) mass is 314 g/mol. The largest absolute Gasteiger partial charge is 0.0985 e. The SMILES string of the molecule is C=Cc1cc(CCC2CCCCC2)cc(C(C)(C)CC)c1.CC. The molecule has 2 rings (SSSR count). The quantitative estimate of drug-likeness (QED) is 0.508. The van der Waals surface area contributed by atoms with Gasteiger partial charge in [0.05, 0.1) is 0 Å². The van der Waals surface area contributed by atoms with Crippen LogP contribution >= 0.6 is 0 Å². The van der Waals surface area contributed by atoms with Gasteiger partial charge in [0.15, 0.2) is 0 Å². The molecule has 0 saturated heterocycles. The van der Waals surface area contributed by atoms with Crippen molar-refractivity contribution in [2.45, 2.75) is 91.4 Å². The van der Waals surface area contributed by atoms with Gasteiger partial charge in [-0.15, -0.1) is 0 Å². The predicted octanol–water partition coefficient (Wildman–Crippen LogP) is 7.56. The number of aryl methyl sites for hydroxylation is 1. The normalized spacial score (nSPS) is 15.7. The molecule has 1 aliphatic carbocycles. The molecule has 1 fully saturated rings. The smallest absolute Gasteiger partial charge is 0.0106 e. The molecule has 0 radical (unpaired) electrons. The lowest BCUT2D eigenvalue weighted by molar-refractivity contribution is 0.339. The van der Waals surface area contributed by atoms with Gasteiger partial charge < -0.3 is 0 Å². The molecule has 1 aromatic rings. The van der Waals surface area contributed by atoms with Gasteiger partial charge >= 0.3 is 0 Å². The Morgan fingerprint density at radius 2 is 1.74 bits per heavy atom. The highest BCUT2D eigenvalue weighted by molar-refractivity contribution is 5.51. The summed E-state index contributed by atoms with van der Waals surface area (Å²) < 4.78 is 0. The van der Waals surface area contributed by atoms with Crippen molar-refractivity contribution < 1.29 is 0 Å². The molecule has 0 aromatic heterocycles. The third-order valence-corrected chi connectivity index (χ3v) is 5.48. The van der Waals surface area contributed by atoms with Crippen molar-refractivity contribution in [2.24, 2.45) is 5.92 Å². The zero-order valence-electron chi connectivity index (χ0n) is 16.3. The Labute approximate surface area is 145 Å². The molecule has 0 nitrogen and oxygen atoms in total. The molecule has 0 bridgehead atoms. The van der Waals surface area contributed by atoms with Crippen molar-refractivity contribution in [3.63, 3.8) is 0 Å². The first-order valence-corrected chi connectivity index (χ1v) is 9.82. The van der Waals surface area contributed by atoms with Crippen LogP contribution < -0.4 is 0 Å². The average Bonchev–Trinajstić information content (AvgIpc) is 2.62. The molecule has 0 amide bonds. The van der Waals surface area contributed by atoms with Crippen LogP contribution in [0.1, 0.15) is 96.3 Å². The van der Waals surface area contributed by atoms with E-state index in [9.17, 15) is 0 Å². The Morgan fingerprint density at radius 1 is 1.09 bits per heavy atom. The molecule has 1 aliphatic rings. The van der Waals surface area contributed by atoms with Crippen molar-refractivity contribution in [2.75, 3.05) is 0 Å². The van der Waals surface area contributed by atoms with Crippen molar-refractivity contribution in [3.05, 3.63) is 41.5 Å². The van der Waals surface area contributed by atoms with Crippen molar-refractivity contribution in [1.29, 1.82) is 0 Å². The van der Waals surface area contributed by atoms with E-state index in [0.717, 1.165) is 5.92 Å². The van der Waals surface area contributed by atoms with Crippen LogP contribution in [0.5, 0.6) is 0 Å². The fourth-order valence-corrected chi connectivity index (χ4v) is 3.42. The second kappa shape index (κ2) is 9.96. The van der Waals surface area contributed by atoms with Gasteiger partial charge in [0, 0.05) is 0 Å². The first-order valence-electron chi connectivity index (χ1n) is 9.82. The molecule has 130 valence electrons. The molecule has 1 saturated carbocycles. The van der Waals surface area contributed by atoms with Crippen LogP contribution in [0, 0.1) is 5.92 Å². The number of rotatable bonds is 6. The second-order valence-electron chi connectivity index (χ2n) is 7.45. The summed E-state index contributed by atoms with van der Waals surface area (Å²) in [5.41, 5.74) is 4.53. The van der Waals surface area contributed by atoms with Gasteiger partial charge in [-0.25, -0.2) is 0 Å². The van der Waals surface area contributed by atoms with Gasteiger partial charge in [-0.2, -0.15) is 0 Å². The van der Waals surface area contributed by atoms with E-state index in [-0.39, 0.29) is 5.41 Å². The first kappa shape index (κ1) is 20.0. The third kappa shape index (κ3) is 6.16. The van der Waals surface area contributed by atoms with Gasteiger partial charge in [0.2, 0.25) is 0 Å². The van der Waals surface area contributed by atoms with Crippen LogP contribution in [0.4, 0.5) is 0 Å². The van der Waals surface area contributed by atoms with E-state index in [1.165, 1.54) is 68.1 Å². The molecule has 0 spiro atoms. The maximum absolute atomic E-state index is 3.97. The average molecular weight is 315 g/mol. The van der Waals surface area contributed by atoms with Gasteiger partial charge in [0.25, 0.3) is 0 Å². The van der Waals surface area contributed by atoms with Crippen LogP contribution in [0.15, 0.2) is 24.8 Å². The van der Waals surface area contributed by atoms with E-state index >= 15 is 0 Å². The van der Waals surface area contributed by atoms with E-state index < -0.39 is 0 Å². The minimum Gasteiger partial charge on any atom is -0.0985 e. The number of benzene rings is 1. The fourth-order valence-electron chi connectivity index (χ4n) is 3.42. The van der Waals surface area contributed by atoms with Crippen molar-refractivity contribution in [3.8, 4) is 0 Å². The molecular weight excluding hydrogens is 276 g/mol. The Hall–Kier alpha value is -1.04. The van der Waals surface area contributed by atoms with Crippen LogP contribution in [-0.2, 0) is 11.8 Å². The van der Waals surface area contributed by atoms with Gasteiger partial charge in [-0.1, -0.05) is 97.6 Å². The molecule has 23 heavy (non-hydrogen) atoms. The summed E-state index contributed by atoms with van der Waals surface area (Å²) in [7, 11) is 0. The minimum atomic E-state index is 0.263. The zero-order chi connectivity index (χ0) is 17.3. The summed E-state index contributed by atoms with van der Waals surface area (Å²) in [5.74, 6) is 0.966. The number of hydrogen-bond donors (Lipinski definition) is 0. The third-order valence-electron chi connectivity index (χ3n) is 5.48. The summed E-state index contributed by atoms with van der Waals surface area (Å²) >= 11 is 0. The van der Waals surface area contributed by atoms with Crippen LogP contribution in [-0.4, -0.2) is 0 Å². The van der Waals surface area contributed by atoms with Gasteiger partial charge in [0.1, 0.15) is 0 Å². The highest BCUT2D eigenvalue weighted by Gasteiger charge is 2.19. The van der Waals surface area contributed by atoms with Gasteiger partial charge in [-0.3, -0.25) is 0 Å². The van der Waals surface area contributed by atoms with E-state index in [0.29, 0.717) is 0 Å². The maximum Gasteiger partial charge on any atom is -0.0106 e. The second-order valence-corrected chi connectivity index (χ2v) is 7.45. The summed E-state index contributed by atoms with van der Waals surface area (Å²) in [4.78, 5) is 0. The summed E-state index contributed by atoms with van der Waals surface area (Å²) in [6, 6.07) is 7.10. The lowest BCUT2D eigenvalue weighted by atomic mass is 9.80. The predicted molar refractivity (Wildman–Crippen MR) is 106 cm³/mol. The first-order chi connectivity index (χ1) is 11.0. The fraction of sp³-hybridized carbons (Fsp3) is 0.652. The topological polar surface area (TPSA) is 0 Å². The Bertz CT molecular complexity index is 461. The van der Waals surface area contributed by atoms with Gasteiger partial charge in [-0.05, 0) is 47.3 Å². The lowest BCUT2D eigenvalue weighted by Crippen LogP contribution is -2.16. The Balaban J connectivity index is 0.00000127. The molecule has 0 unspecified atom stereocenters. The molecule has 1 aromatic carbocycles. The van der Waals surface area contributed by atoms with Crippen LogP contribution in [0.3, 0.4) is 0 Å². The standard InChI is InChI=1S/C21H32.C2H6/c1-5-17-14-19(13-12-18-10-8-7-9-11-18)16-20(15-17)21(3,4)6-2;1-2/h5,14-16,18H,1,6-13H2,2-4H3;1-2H3. The van der Waals surface area contributed by atoms with E-state index in [1.54, 1.807) is 0 Å². The highest BCUT2D eigenvalue weighted by Crippen LogP contribution is 2.31. The highest BCUT2D eigenvalue weighted by atomic mass is 14.2. The zero-order valence-corrected chi connectivity index (χ0v) is 16.3. The van der Waals surface area contributed by atoms with Crippen LogP contribution in [0.25, 0.3) is 6.08 Å². The summed E-state index contributed by atoms with van der Waals surface area (Å²) in [6.45, 7) is 14.9. The van der Waals surface area contributed by atoms with Crippen LogP contribution in [0.2, 0.25) is 0 Å². The minimum absolute atomic E-state index is 0.263. The Morgan fingerprint density at radius 3 is 2.30 bits per heavy atom. The van der Waals surface area contributed by atoms with Crippen molar-refractivity contribution >= 4 is 6.08 Å². The molecule has 0 atom stereocenters. The summed E-state index contributed by atoms with van der Waals surface area (Å²) in [6.07, 6.45) is 13.0. The molecular formula is C23H38. The molecule has 0 heterocycles.